The Balaban J connectivity index is 2.13. The van der Waals surface area contributed by atoms with Gasteiger partial charge in [-0.05, 0) is 37.3 Å². The van der Waals surface area contributed by atoms with E-state index in [-0.39, 0.29) is 11.5 Å². The Hall–Kier alpha value is -1.80. The molecule has 0 radical (unpaired) electrons. The van der Waals surface area contributed by atoms with E-state index in [0.717, 1.165) is 35.2 Å². The van der Waals surface area contributed by atoms with E-state index < -0.39 is 23.5 Å². The third-order valence-corrected chi connectivity index (χ3v) is 4.85. The Bertz CT molecular complexity index is 723. The van der Waals surface area contributed by atoms with Crippen LogP contribution < -0.4 is 0 Å². The monoisotopic (exact) mass is 360 g/mol. The fourth-order valence-corrected chi connectivity index (χ4v) is 3.74. The number of hydrogen-bond acceptors (Lipinski definition) is 5. The Morgan fingerprint density at radius 1 is 1.22 bits per heavy atom. The van der Waals surface area contributed by atoms with Crippen molar-refractivity contribution in [2.24, 2.45) is 0 Å². The molecular formula is C15H11F3O3S2. The Labute approximate surface area is 138 Å². The van der Waals surface area contributed by atoms with E-state index >= 15 is 0 Å². The zero-order chi connectivity index (χ0) is 17.0. The number of hydrogen-bond donors (Lipinski definition) is 0. The van der Waals surface area contributed by atoms with Gasteiger partial charge in [0.25, 0.3) is 5.78 Å². The number of thiophene rings is 1. The summed E-state index contributed by atoms with van der Waals surface area (Å²) in [7, 11) is 0. The molecule has 122 valence electrons. The normalized spacial score (nSPS) is 11.3. The number of ether oxygens (including phenoxy) is 1. The number of carbonyl (C=O) groups excluding carboxylic acids is 2. The summed E-state index contributed by atoms with van der Waals surface area (Å²) in [6.45, 7) is 1.69. The summed E-state index contributed by atoms with van der Waals surface area (Å²) in [5.41, 5.74) is -0.734. The molecule has 3 nitrogen and oxygen atoms in total. The second kappa shape index (κ2) is 7.18. The van der Waals surface area contributed by atoms with Gasteiger partial charge in [0.2, 0.25) is 0 Å². The summed E-state index contributed by atoms with van der Waals surface area (Å²) >= 11 is 2.13. The predicted octanol–water partition coefficient (Wildman–Crippen LogP) is 4.66. The maximum atomic E-state index is 12.7. The number of ketones is 1. The van der Waals surface area contributed by atoms with Gasteiger partial charge < -0.3 is 4.74 Å². The van der Waals surface area contributed by atoms with Crippen molar-refractivity contribution in [3.8, 4) is 0 Å². The molecule has 0 aliphatic heterocycles. The highest BCUT2D eigenvalue weighted by molar-refractivity contribution is 8.01. The highest BCUT2D eigenvalue weighted by Gasteiger charge is 2.30. The Morgan fingerprint density at radius 2 is 1.96 bits per heavy atom. The second-order valence-electron chi connectivity index (χ2n) is 4.30. The molecule has 0 N–H and O–H groups in total. The number of esters is 1. The fraction of sp³-hybridized carbons (Fsp3) is 0.200. The molecule has 0 amide bonds. The summed E-state index contributed by atoms with van der Waals surface area (Å²) in [6, 6.07) is 7.95. The minimum atomic E-state index is -4.41. The zero-order valence-electron chi connectivity index (χ0n) is 11.8. The van der Waals surface area contributed by atoms with Crippen molar-refractivity contribution < 1.29 is 27.5 Å². The van der Waals surface area contributed by atoms with Gasteiger partial charge >= 0.3 is 12.1 Å². The number of carbonyl (C=O) groups is 2. The smallest absolute Gasteiger partial charge is 0.416 e. The van der Waals surface area contributed by atoms with Crippen LogP contribution in [0, 0.1) is 0 Å². The van der Waals surface area contributed by atoms with E-state index in [2.05, 4.69) is 4.74 Å². The summed E-state index contributed by atoms with van der Waals surface area (Å²) in [5.74, 6) is -1.70. The lowest BCUT2D eigenvalue weighted by molar-refractivity contribution is -0.138. The predicted molar refractivity (Wildman–Crippen MR) is 80.8 cm³/mol. The van der Waals surface area contributed by atoms with Crippen molar-refractivity contribution in [2.75, 3.05) is 6.61 Å². The van der Waals surface area contributed by atoms with Crippen molar-refractivity contribution in [3.05, 3.63) is 46.8 Å². The van der Waals surface area contributed by atoms with Crippen LogP contribution in [-0.2, 0) is 15.7 Å². The van der Waals surface area contributed by atoms with Crippen LogP contribution in [0.25, 0.3) is 0 Å². The molecule has 1 heterocycles. The van der Waals surface area contributed by atoms with Crippen LogP contribution >= 0.6 is 23.1 Å². The molecule has 8 heteroatoms. The van der Waals surface area contributed by atoms with Crippen molar-refractivity contribution >= 4 is 34.9 Å². The molecule has 0 spiro atoms. The first-order chi connectivity index (χ1) is 10.8. The van der Waals surface area contributed by atoms with Gasteiger partial charge in [-0.25, -0.2) is 4.79 Å². The molecule has 0 aliphatic rings. The van der Waals surface area contributed by atoms with Gasteiger partial charge in [0.05, 0.1) is 21.3 Å². The number of halogens is 3. The maximum Gasteiger partial charge on any atom is 0.416 e. The average molecular weight is 360 g/mol. The largest absolute Gasteiger partial charge is 0.460 e. The number of benzene rings is 1. The molecule has 23 heavy (non-hydrogen) atoms. The van der Waals surface area contributed by atoms with E-state index in [1.165, 1.54) is 12.1 Å². The van der Waals surface area contributed by atoms with Crippen molar-refractivity contribution in [1.82, 2.24) is 0 Å². The first kappa shape index (κ1) is 17.6. The number of Topliss-reactive ketones (excluding diaryl/α,β-unsaturated/α-hetero) is 1. The molecule has 0 fully saturated rings. The van der Waals surface area contributed by atoms with E-state index in [1.54, 1.807) is 19.1 Å². The highest BCUT2D eigenvalue weighted by Crippen LogP contribution is 2.37. The summed E-state index contributed by atoms with van der Waals surface area (Å²) in [6.07, 6.45) is -4.41. The van der Waals surface area contributed by atoms with E-state index in [1.807, 2.05) is 0 Å². The van der Waals surface area contributed by atoms with Gasteiger partial charge in [-0.3, -0.25) is 4.79 Å². The quantitative estimate of drug-likeness (QED) is 0.442. The van der Waals surface area contributed by atoms with Crippen LogP contribution in [0.4, 0.5) is 13.2 Å². The van der Waals surface area contributed by atoms with Gasteiger partial charge in [-0.1, -0.05) is 17.8 Å². The van der Waals surface area contributed by atoms with Gasteiger partial charge in [-0.2, -0.15) is 13.2 Å². The van der Waals surface area contributed by atoms with E-state index in [4.69, 9.17) is 0 Å². The lowest BCUT2D eigenvalue weighted by Crippen LogP contribution is -2.16. The molecule has 1 aromatic carbocycles. The third kappa shape index (κ3) is 4.59. The molecule has 0 aliphatic carbocycles. The standard InChI is InChI=1S/C15H11F3O3S2/c1-2-21-14(20)13(19)11-6-7-12(23-11)22-10-5-3-4-9(8-10)15(16,17)18/h3-8H,2H2,1H3. The summed E-state index contributed by atoms with van der Waals surface area (Å²) in [4.78, 5) is 23.7. The fourth-order valence-electron chi connectivity index (χ4n) is 1.65. The van der Waals surface area contributed by atoms with E-state index in [0.29, 0.717) is 9.10 Å². The van der Waals surface area contributed by atoms with Gasteiger partial charge in [0.15, 0.2) is 0 Å². The molecule has 0 saturated heterocycles. The molecule has 0 bridgehead atoms. The Kier molecular flexibility index (Phi) is 5.48. The summed E-state index contributed by atoms with van der Waals surface area (Å²) < 4.78 is 43.3. The van der Waals surface area contributed by atoms with Gasteiger partial charge in [0, 0.05) is 4.90 Å². The minimum Gasteiger partial charge on any atom is -0.460 e. The second-order valence-corrected chi connectivity index (χ2v) is 6.75. The van der Waals surface area contributed by atoms with Crippen LogP contribution in [-0.4, -0.2) is 18.4 Å². The Morgan fingerprint density at radius 3 is 2.61 bits per heavy atom. The van der Waals surface area contributed by atoms with Crippen LogP contribution in [0.15, 0.2) is 45.5 Å². The zero-order valence-corrected chi connectivity index (χ0v) is 13.5. The van der Waals surface area contributed by atoms with Gasteiger partial charge in [-0.15, -0.1) is 11.3 Å². The first-order valence-corrected chi connectivity index (χ1v) is 8.11. The molecule has 0 unspecified atom stereocenters. The topological polar surface area (TPSA) is 43.4 Å². The molecule has 2 rings (SSSR count). The highest BCUT2D eigenvalue weighted by atomic mass is 32.2. The van der Waals surface area contributed by atoms with Crippen LogP contribution in [0.5, 0.6) is 0 Å². The number of rotatable bonds is 5. The van der Waals surface area contributed by atoms with Crippen molar-refractivity contribution in [3.63, 3.8) is 0 Å². The van der Waals surface area contributed by atoms with E-state index in [9.17, 15) is 22.8 Å². The van der Waals surface area contributed by atoms with Crippen molar-refractivity contribution in [1.29, 1.82) is 0 Å². The van der Waals surface area contributed by atoms with Crippen LogP contribution in [0.1, 0.15) is 22.2 Å². The lowest BCUT2D eigenvalue weighted by atomic mass is 10.2. The van der Waals surface area contributed by atoms with Gasteiger partial charge in [0.1, 0.15) is 0 Å². The van der Waals surface area contributed by atoms with Crippen LogP contribution in [0.2, 0.25) is 0 Å². The summed E-state index contributed by atoms with van der Waals surface area (Å²) in [5, 5.41) is 0. The number of alkyl halides is 3. The SMILES string of the molecule is CCOC(=O)C(=O)c1ccc(Sc2cccc(C(F)(F)F)c2)s1. The molecule has 2 aromatic rings. The molecule has 0 saturated carbocycles. The molecular weight excluding hydrogens is 349 g/mol. The third-order valence-electron chi connectivity index (χ3n) is 2.65. The lowest BCUT2D eigenvalue weighted by Gasteiger charge is -2.07. The first-order valence-electron chi connectivity index (χ1n) is 6.47. The van der Waals surface area contributed by atoms with Crippen molar-refractivity contribution in [2.45, 2.75) is 22.2 Å². The minimum absolute atomic E-state index is 0.0990. The van der Waals surface area contributed by atoms with Crippen LogP contribution in [0.3, 0.4) is 0 Å². The maximum absolute atomic E-state index is 12.7. The molecule has 1 aromatic heterocycles. The molecule has 0 atom stereocenters. The average Bonchev–Trinajstić information content (AvgIpc) is 2.94.